The van der Waals surface area contributed by atoms with E-state index in [0.29, 0.717) is 33.5 Å². The van der Waals surface area contributed by atoms with Crippen LogP contribution in [0.3, 0.4) is 0 Å². The molecule has 0 radical (unpaired) electrons. The number of amides is 1. The summed E-state index contributed by atoms with van der Waals surface area (Å²) in [6, 6.07) is 14.6. The Morgan fingerprint density at radius 2 is 1.81 bits per heavy atom. The average molecular weight is 390 g/mol. The van der Waals surface area contributed by atoms with E-state index in [1.165, 1.54) is 12.3 Å². The fourth-order valence-corrected chi connectivity index (χ4v) is 2.57. The number of pyridine rings is 1. The highest BCUT2D eigenvalue weighted by Gasteiger charge is 2.10. The molecule has 3 aromatic rings. The lowest BCUT2D eigenvalue weighted by atomic mass is 10.2. The summed E-state index contributed by atoms with van der Waals surface area (Å²) >= 11 is 11.8. The van der Waals surface area contributed by atoms with E-state index in [9.17, 15) is 9.18 Å². The average Bonchev–Trinajstić information content (AvgIpc) is 2.64. The molecule has 2 N–H and O–H groups in total. The van der Waals surface area contributed by atoms with E-state index < -0.39 is 5.91 Å². The van der Waals surface area contributed by atoms with E-state index in [2.05, 4.69) is 15.6 Å². The molecule has 2 aromatic carbocycles. The number of anilines is 2. The summed E-state index contributed by atoms with van der Waals surface area (Å²) in [4.78, 5) is 16.4. The predicted octanol–water partition coefficient (Wildman–Crippen LogP) is 5.39. The van der Waals surface area contributed by atoms with Gasteiger partial charge in [0.2, 0.25) is 0 Å². The summed E-state index contributed by atoms with van der Waals surface area (Å²) in [5.41, 5.74) is 1.92. The Morgan fingerprint density at radius 3 is 2.58 bits per heavy atom. The monoisotopic (exact) mass is 389 g/mol. The molecule has 0 fully saturated rings. The van der Waals surface area contributed by atoms with Crippen LogP contribution < -0.4 is 10.6 Å². The van der Waals surface area contributed by atoms with Crippen molar-refractivity contribution >= 4 is 40.5 Å². The second kappa shape index (κ2) is 8.17. The van der Waals surface area contributed by atoms with Gasteiger partial charge < -0.3 is 10.6 Å². The maximum atomic E-state index is 13.7. The van der Waals surface area contributed by atoms with E-state index in [-0.39, 0.29) is 11.5 Å². The SMILES string of the molecule is O=C(Nc1ccc(Cl)c(Cl)c1)c1cc(NCc2ccccc2F)ccn1. The number of nitrogens with one attached hydrogen (secondary N) is 2. The molecular formula is C19H14Cl2FN3O. The van der Waals surface area contributed by atoms with Gasteiger partial charge in [0, 0.05) is 29.7 Å². The van der Waals surface area contributed by atoms with Crippen LogP contribution in [0.2, 0.25) is 10.0 Å². The summed E-state index contributed by atoms with van der Waals surface area (Å²) in [6.45, 7) is 0.296. The molecule has 0 unspecified atom stereocenters. The Labute approximate surface area is 160 Å². The van der Waals surface area contributed by atoms with Gasteiger partial charge in [0.15, 0.2) is 0 Å². The highest BCUT2D eigenvalue weighted by Crippen LogP contribution is 2.25. The summed E-state index contributed by atoms with van der Waals surface area (Å²) in [7, 11) is 0. The van der Waals surface area contributed by atoms with Crippen molar-refractivity contribution in [1.29, 1.82) is 0 Å². The Balaban J connectivity index is 1.69. The zero-order valence-electron chi connectivity index (χ0n) is 13.5. The van der Waals surface area contributed by atoms with Crippen molar-refractivity contribution in [1.82, 2.24) is 4.98 Å². The topological polar surface area (TPSA) is 54.0 Å². The van der Waals surface area contributed by atoms with Crippen LogP contribution in [0, 0.1) is 5.82 Å². The molecule has 7 heteroatoms. The summed E-state index contributed by atoms with van der Waals surface area (Å²) < 4.78 is 13.7. The molecule has 0 saturated carbocycles. The maximum Gasteiger partial charge on any atom is 0.274 e. The summed E-state index contributed by atoms with van der Waals surface area (Å²) in [5, 5.41) is 6.53. The van der Waals surface area contributed by atoms with Crippen molar-refractivity contribution in [3.05, 3.63) is 87.9 Å². The molecule has 0 spiro atoms. The van der Waals surface area contributed by atoms with Crippen molar-refractivity contribution in [2.45, 2.75) is 6.54 Å². The van der Waals surface area contributed by atoms with Gasteiger partial charge in [-0.2, -0.15) is 0 Å². The number of nitrogens with zero attached hydrogens (tertiary/aromatic N) is 1. The molecule has 0 aliphatic carbocycles. The van der Waals surface area contributed by atoms with Crippen LogP contribution in [0.4, 0.5) is 15.8 Å². The fourth-order valence-electron chi connectivity index (χ4n) is 2.27. The van der Waals surface area contributed by atoms with Gasteiger partial charge in [-0.15, -0.1) is 0 Å². The van der Waals surface area contributed by atoms with Crippen molar-refractivity contribution < 1.29 is 9.18 Å². The van der Waals surface area contributed by atoms with Crippen molar-refractivity contribution in [3.63, 3.8) is 0 Å². The zero-order valence-corrected chi connectivity index (χ0v) is 15.0. The standard InChI is InChI=1S/C19H14Cl2FN3O/c20-15-6-5-14(9-16(15)21)25-19(26)18-10-13(7-8-23-18)24-11-12-3-1-2-4-17(12)22/h1-10H,11H2,(H,23,24)(H,25,26). The number of benzene rings is 2. The number of aromatic nitrogens is 1. The lowest BCUT2D eigenvalue weighted by molar-refractivity contribution is 0.102. The second-order valence-corrected chi connectivity index (χ2v) is 6.27. The molecule has 1 aromatic heterocycles. The van der Waals surface area contributed by atoms with Gasteiger partial charge in [-0.3, -0.25) is 9.78 Å². The van der Waals surface area contributed by atoms with Crippen LogP contribution in [-0.2, 0) is 6.54 Å². The molecule has 26 heavy (non-hydrogen) atoms. The zero-order chi connectivity index (χ0) is 18.5. The van der Waals surface area contributed by atoms with Gasteiger partial charge in [-0.25, -0.2) is 4.39 Å². The molecule has 0 bridgehead atoms. The van der Waals surface area contributed by atoms with Crippen molar-refractivity contribution in [3.8, 4) is 0 Å². The Kier molecular flexibility index (Phi) is 5.71. The minimum Gasteiger partial charge on any atom is -0.381 e. The maximum absolute atomic E-state index is 13.7. The number of hydrogen-bond acceptors (Lipinski definition) is 3. The highest BCUT2D eigenvalue weighted by molar-refractivity contribution is 6.42. The van der Waals surface area contributed by atoms with E-state index in [1.54, 1.807) is 48.5 Å². The lowest BCUT2D eigenvalue weighted by Gasteiger charge is -2.09. The van der Waals surface area contributed by atoms with E-state index in [1.807, 2.05) is 0 Å². The van der Waals surface area contributed by atoms with Crippen molar-refractivity contribution in [2.24, 2.45) is 0 Å². The Hall–Kier alpha value is -2.63. The van der Waals surface area contributed by atoms with E-state index in [4.69, 9.17) is 23.2 Å². The van der Waals surface area contributed by atoms with Gasteiger partial charge in [-0.05, 0) is 36.4 Å². The van der Waals surface area contributed by atoms with Crippen LogP contribution >= 0.6 is 23.2 Å². The van der Waals surface area contributed by atoms with Crippen LogP contribution in [0.25, 0.3) is 0 Å². The summed E-state index contributed by atoms with van der Waals surface area (Å²) in [5.74, 6) is -0.676. The lowest BCUT2D eigenvalue weighted by Crippen LogP contribution is -2.14. The quantitative estimate of drug-likeness (QED) is 0.614. The summed E-state index contributed by atoms with van der Waals surface area (Å²) in [6.07, 6.45) is 1.51. The normalized spacial score (nSPS) is 10.4. The molecule has 3 rings (SSSR count). The van der Waals surface area contributed by atoms with Gasteiger partial charge in [0.1, 0.15) is 11.5 Å². The van der Waals surface area contributed by atoms with Gasteiger partial charge in [0.25, 0.3) is 5.91 Å². The van der Waals surface area contributed by atoms with Crippen LogP contribution in [0.5, 0.6) is 0 Å². The second-order valence-electron chi connectivity index (χ2n) is 5.46. The molecule has 0 aliphatic heterocycles. The Morgan fingerprint density at radius 1 is 1.00 bits per heavy atom. The number of rotatable bonds is 5. The van der Waals surface area contributed by atoms with E-state index in [0.717, 1.165) is 0 Å². The number of carbonyl (C=O) groups excluding carboxylic acids is 1. The third-order valence-corrected chi connectivity index (χ3v) is 4.35. The molecule has 1 heterocycles. The van der Waals surface area contributed by atoms with Crippen molar-refractivity contribution in [2.75, 3.05) is 10.6 Å². The third-order valence-electron chi connectivity index (χ3n) is 3.61. The largest absolute Gasteiger partial charge is 0.381 e. The number of hydrogen-bond donors (Lipinski definition) is 2. The van der Waals surface area contributed by atoms with Crippen LogP contribution in [0.1, 0.15) is 16.1 Å². The highest BCUT2D eigenvalue weighted by atomic mass is 35.5. The molecular weight excluding hydrogens is 376 g/mol. The molecule has 0 saturated heterocycles. The first kappa shape index (κ1) is 18.2. The number of halogens is 3. The molecule has 4 nitrogen and oxygen atoms in total. The van der Waals surface area contributed by atoms with Gasteiger partial charge >= 0.3 is 0 Å². The smallest absolute Gasteiger partial charge is 0.274 e. The molecule has 132 valence electrons. The first-order chi connectivity index (χ1) is 12.5. The first-order valence-corrected chi connectivity index (χ1v) is 8.48. The van der Waals surface area contributed by atoms with Gasteiger partial charge in [-0.1, -0.05) is 41.4 Å². The van der Waals surface area contributed by atoms with Crippen LogP contribution in [0.15, 0.2) is 60.8 Å². The minimum atomic E-state index is -0.391. The Bertz CT molecular complexity index is 950. The third kappa shape index (κ3) is 4.50. The predicted molar refractivity (Wildman–Crippen MR) is 102 cm³/mol. The fraction of sp³-hybridized carbons (Fsp3) is 0.0526. The first-order valence-electron chi connectivity index (χ1n) is 7.72. The molecule has 1 amide bonds. The van der Waals surface area contributed by atoms with E-state index >= 15 is 0 Å². The van der Waals surface area contributed by atoms with Crippen LogP contribution in [-0.4, -0.2) is 10.9 Å². The molecule has 0 atom stereocenters. The molecule has 0 aliphatic rings. The van der Waals surface area contributed by atoms with Gasteiger partial charge in [0.05, 0.1) is 10.0 Å². The minimum absolute atomic E-state index is 0.217. The number of carbonyl (C=O) groups is 1.